The van der Waals surface area contributed by atoms with E-state index in [1.54, 1.807) is 36.9 Å². The highest BCUT2D eigenvalue weighted by atomic mass is 32.1. The summed E-state index contributed by atoms with van der Waals surface area (Å²) in [5.41, 5.74) is 1.80. The molecule has 2 aromatic carbocycles. The molecule has 2 heterocycles. The summed E-state index contributed by atoms with van der Waals surface area (Å²) in [6.45, 7) is 0. The first-order valence-electron chi connectivity index (χ1n) is 9.30. The summed E-state index contributed by atoms with van der Waals surface area (Å²) in [7, 11) is 3.32. The van der Waals surface area contributed by atoms with Gasteiger partial charge in [0.05, 0.1) is 25.6 Å². The first kappa shape index (κ1) is 20.1. The number of hydrogen-bond acceptors (Lipinski definition) is 6. The van der Waals surface area contributed by atoms with Crippen molar-refractivity contribution in [1.82, 2.24) is 0 Å². The van der Waals surface area contributed by atoms with Gasteiger partial charge in [-0.25, -0.2) is 0 Å². The maximum atomic E-state index is 5.18. The Kier molecular flexibility index (Phi) is 6.37. The van der Waals surface area contributed by atoms with Crippen LogP contribution in [0.4, 0.5) is 11.4 Å². The van der Waals surface area contributed by atoms with Crippen molar-refractivity contribution in [2.75, 3.05) is 14.2 Å². The number of rotatable bonds is 7. The molecule has 0 spiro atoms. The van der Waals surface area contributed by atoms with Crippen molar-refractivity contribution in [2.45, 2.75) is 0 Å². The first-order valence-corrected chi connectivity index (χ1v) is 10.9. The predicted octanol–water partition coefficient (Wildman–Crippen LogP) is 7.00. The Morgan fingerprint density at radius 2 is 0.967 bits per heavy atom. The third-order valence-electron chi connectivity index (χ3n) is 4.32. The van der Waals surface area contributed by atoms with Crippen molar-refractivity contribution in [3.05, 3.63) is 82.6 Å². The topological polar surface area (TPSA) is 43.2 Å². The normalized spacial score (nSPS) is 11.4. The molecule has 0 radical (unpaired) electrons. The van der Waals surface area contributed by atoms with Gasteiger partial charge < -0.3 is 9.47 Å². The number of nitrogens with zero attached hydrogens (tertiary/aromatic N) is 2. The van der Waals surface area contributed by atoms with Crippen LogP contribution >= 0.6 is 22.7 Å². The van der Waals surface area contributed by atoms with Gasteiger partial charge in [0.15, 0.2) is 0 Å². The lowest BCUT2D eigenvalue weighted by Crippen LogP contribution is -1.80. The molecule has 6 heteroatoms. The fourth-order valence-electron chi connectivity index (χ4n) is 2.72. The number of ether oxygens (including phenoxy) is 2. The van der Waals surface area contributed by atoms with Crippen LogP contribution in [0.1, 0.15) is 9.75 Å². The molecule has 0 fully saturated rings. The lowest BCUT2D eigenvalue weighted by Gasteiger charge is -1.98. The van der Waals surface area contributed by atoms with Gasteiger partial charge in [0.2, 0.25) is 0 Å². The Morgan fingerprint density at radius 3 is 1.33 bits per heavy atom. The minimum atomic E-state index is 0.830. The standard InChI is InChI=1S/C24H20N2O2S2/c1-27-19-7-3-17(4-8-19)25-15-21-11-13-23(29-21)24-14-12-22(30-24)16-26-18-5-9-20(28-2)10-6-18/h3-16H,1-2H3. The van der Waals surface area contributed by atoms with Crippen molar-refractivity contribution < 1.29 is 9.47 Å². The van der Waals surface area contributed by atoms with Gasteiger partial charge in [-0.2, -0.15) is 0 Å². The van der Waals surface area contributed by atoms with E-state index in [0.717, 1.165) is 32.6 Å². The zero-order chi connectivity index (χ0) is 20.8. The van der Waals surface area contributed by atoms with Crippen molar-refractivity contribution in [2.24, 2.45) is 9.98 Å². The van der Waals surface area contributed by atoms with E-state index in [1.165, 1.54) is 9.75 Å². The van der Waals surface area contributed by atoms with E-state index in [2.05, 4.69) is 34.3 Å². The monoisotopic (exact) mass is 432 g/mol. The molecule has 0 unspecified atom stereocenters. The molecule has 0 N–H and O–H groups in total. The van der Waals surface area contributed by atoms with Gasteiger partial charge in [-0.05, 0) is 72.8 Å². The number of thiophene rings is 2. The molecule has 0 bridgehead atoms. The molecular formula is C24H20N2O2S2. The Morgan fingerprint density at radius 1 is 0.567 bits per heavy atom. The minimum absolute atomic E-state index is 0.830. The van der Waals surface area contributed by atoms with Crippen LogP contribution in [0.3, 0.4) is 0 Å². The van der Waals surface area contributed by atoms with Crippen LogP contribution < -0.4 is 9.47 Å². The Hall–Kier alpha value is -3.22. The zero-order valence-electron chi connectivity index (χ0n) is 16.6. The van der Waals surface area contributed by atoms with E-state index in [0.29, 0.717) is 0 Å². The van der Waals surface area contributed by atoms with Gasteiger partial charge >= 0.3 is 0 Å². The van der Waals surface area contributed by atoms with E-state index in [9.17, 15) is 0 Å². The molecule has 0 saturated heterocycles. The molecule has 4 nitrogen and oxygen atoms in total. The summed E-state index contributed by atoms with van der Waals surface area (Å²) in [5.74, 6) is 1.66. The number of hydrogen-bond donors (Lipinski definition) is 0. The van der Waals surface area contributed by atoms with Crippen molar-refractivity contribution >= 4 is 46.5 Å². The van der Waals surface area contributed by atoms with Crippen LogP contribution in [0.15, 0.2) is 82.8 Å². The van der Waals surface area contributed by atoms with Gasteiger partial charge in [-0.1, -0.05) is 0 Å². The second-order valence-corrected chi connectivity index (χ2v) is 8.55. The third kappa shape index (κ3) is 5.03. The smallest absolute Gasteiger partial charge is 0.119 e. The van der Waals surface area contributed by atoms with Crippen LogP contribution in [-0.2, 0) is 0 Å². The van der Waals surface area contributed by atoms with Crippen LogP contribution in [0.25, 0.3) is 9.75 Å². The van der Waals surface area contributed by atoms with E-state index in [4.69, 9.17) is 9.47 Å². The molecule has 0 aliphatic heterocycles. The largest absolute Gasteiger partial charge is 0.497 e. The van der Waals surface area contributed by atoms with Crippen LogP contribution in [-0.4, -0.2) is 26.6 Å². The lowest BCUT2D eigenvalue weighted by molar-refractivity contribution is 0.415. The van der Waals surface area contributed by atoms with Gasteiger partial charge in [-0.15, -0.1) is 22.7 Å². The maximum Gasteiger partial charge on any atom is 0.119 e. The molecule has 0 saturated carbocycles. The molecule has 30 heavy (non-hydrogen) atoms. The summed E-state index contributed by atoms with van der Waals surface area (Å²) in [5, 5.41) is 0. The Balaban J connectivity index is 1.42. The average molecular weight is 433 g/mol. The van der Waals surface area contributed by atoms with Gasteiger partial charge in [0.1, 0.15) is 11.5 Å². The van der Waals surface area contributed by atoms with Crippen molar-refractivity contribution in [3.63, 3.8) is 0 Å². The van der Waals surface area contributed by atoms with E-state index >= 15 is 0 Å². The fraction of sp³-hybridized carbons (Fsp3) is 0.0833. The summed E-state index contributed by atoms with van der Waals surface area (Å²) < 4.78 is 10.4. The average Bonchev–Trinajstić information content (AvgIpc) is 3.46. The molecule has 4 aromatic rings. The Bertz CT molecular complexity index is 1060. The predicted molar refractivity (Wildman–Crippen MR) is 128 cm³/mol. The van der Waals surface area contributed by atoms with Crippen LogP contribution in [0.5, 0.6) is 11.5 Å². The highest BCUT2D eigenvalue weighted by molar-refractivity contribution is 7.23. The summed E-state index contributed by atoms with van der Waals surface area (Å²) >= 11 is 3.45. The third-order valence-corrected chi connectivity index (χ3v) is 6.56. The van der Waals surface area contributed by atoms with Crippen LogP contribution in [0.2, 0.25) is 0 Å². The second-order valence-electron chi connectivity index (χ2n) is 6.32. The van der Waals surface area contributed by atoms with Gasteiger partial charge in [0, 0.05) is 31.9 Å². The molecule has 150 valence electrons. The highest BCUT2D eigenvalue weighted by Crippen LogP contribution is 2.33. The second kappa shape index (κ2) is 9.52. The first-order chi connectivity index (χ1) is 14.7. The van der Waals surface area contributed by atoms with Crippen LogP contribution in [0, 0.1) is 0 Å². The zero-order valence-corrected chi connectivity index (χ0v) is 18.2. The van der Waals surface area contributed by atoms with Gasteiger partial charge in [-0.3, -0.25) is 9.98 Å². The molecule has 0 atom stereocenters. The fourth-order valence-corrected chi connectivity index (χ4v) is 4.57. The summed E-state index contributed by atoms with van der Waals surface area (Å²) in [6, 6.07) is 23.9. The van der Waals surface area contributed by atoms with E-state index < -0.39 is 0 Å². The van der Waals surface area contributed by atoms with Crippen molar-refractivity contribution in [3.8, 4) is 21.3 Å². The molecule has 0 aliphatic rings. The number of benzene rings is 2. The molecule has 2 aromatic heterocycles. The van der Waals surface area contributed by atoms with E-state index in [-0.39, 0.29) is 0 Å². The SMILES string of the molecule is COc1ccc(N=Cc2ccc(-c3ccc(C=Nc4ccc(OC)cc4)s3)s2)cc1. The number of aliphatic imine (C=N–C) groups is 2. The van der Waals surface area contributed by atoms with Crippen molar-refractivity contribution in [1.29, 1.82) is 0 Å². The van der Waals surface area contributed by atoms with E-state index in [1.807, 2.05) is 61.0 Å². The molecule has 4 rings (SSSR count). The quantitative estimate of drug-likeness (QED) is 0.295. The molecule has 0 aliphatic carbocycles. The highest BCUT2D eigenvalue weighted by Gasteiger charge is 2.05. The summed E-state index contributed by atoms with van der Waals surface area (Å²) in [6.07, 6.45) is 3.80. The molecule has 0 amide bonds. The lowest BCUT2D eigenvalue weighted by atomic mass is 10.3. The number of methoxy groups -OCH3 is 2. The Labute approximate surface area is 183 Å². The van der Waals surface area contributed by atoms with Gasteiger partial charge in [0.25, 0.3) is 0 Å². The maximum absolute atomic E-state index is 5.18. The summed E-state index contributed by atoms with van der Waals surface area (Å²) in [4.78, 5) is 13.8. The molecular weight excluding hydrogens is 412 g/mol. The minimum Gasteiger partial charge on any atom is -0.497 e.